The van der Waals surface area contributed by atoms with Crippen LogP contribution in [0.5, 0.6) is 0 Å². The molecule has 11 atom stereocenters. The normalized spacial score (nSPS) is 58.1. The second kappa shape index (κ2) is 7.13. The summed E-state index contributed by atoms with van der Waals surface area (Å²) in [4.78, 5) is 0. The predicted octanol–water partition coefficient (Wildman–Crippen LogP) is 2.60. The Labute approximate surface area is 186 Å². The number of fused-ring (bicyclic) bond motifs is 2. The van der Waals surface area contributed by atoms with Crippen LogP contribution in [0.15, 0.2) is 0 Å². The monoisotopic (exact) mass is 438 g/mol. The molecule has 1 spiro atoms. The lowest BCUT2D eigenvalue weighted by Gasteiger charge is -2.66. The second-order valence-electron chi connectivity index (χ2n) is 12.7. The van der Waals surface area contributed by atoms with E-state index in [0.717, 1.165) is 38.5 Å². The highest BCUT2D eigenvalue weighted by molar-refractivity contribution is 5.18. The molecular weight excluding hydrogens is 396 g/mol. The fourth-order valence-electron chi connectivity index (χ4n) is 9.41. The van der Waals surface area contributed by atoms with E-state index in [-0.39, 0.29) is 29.0 Å². The van der Waals surface area contributed by atoms with Crippen molar-refractivity contribution in [2.45, 2.75) is 115 Å². The van der Waals surface area contributed by atoms with Gasteiger partial charge in [0, 0.05) is 0 Å². The molecule has 6 nitrogen and oxygen atoms in total. The number of aliphatic hydroxyl groups is 4. The third kappa shape index (κ3) is 3.05. The van der Waals surface area contributed by atoms with Gasteiger partial charge < -0.3 is 29.9 Å². The minimum absolute atomic E-state index is 0.148. The van der Waals surface area contributed by atoms with Crippen molar-refractivity contribution in [3.05, 3.63) is 0 Å². The summed E-state index contributed by atoms with van der Waals surface area (Å²) in [6.07, 6.45) is 4.39. The molecule has 2 bridgehead atoms. The van der Waals surface area contributed by atoms with Gasteiger partial charge in [0.05, 0.1) is 18.3 Å². The van der Waals surface area contributed by atoms with Gasteiger partial charge in [0.25, 0.3) is 0 Å². The minimum Gasteiger partial charge on any atom is -0.394 e. The molecule has 178 valence electrons. The van der Waals surface area contributed by atoms with Crippen molar-refractivity contribution in [1.82, 2.24) is 0 Å². The lowest BCUT2D eigenvalue weighted by molar-refractivity contribution is -0.255. The summed E-state index contributed by atoms with van der Waals surface area (Å²) in [6, 6.07) is 0. The summed E-state index contributed by atoms with van der Waals surface area (Å²) in [7, 11) is 0. The van der Waals surface area contributed by atoms with Crippen LogP contribution in [-0.2, 0) is 9.47 Å². The predicted molar refractivity (Wildman–Crippen MR) is 115 cm³/mol. The number of hydrogen-bond donors (Lipinski definition) is 4. The molecule has 5 aliphatic rings. The van der Waals surface area contributed by atoms with Crippen molar-refractivity contribution in [2.75, 3.05) is 6.61 Å². The van der Waals surface area contributed by atoms with E-state index < -0.39 is 30.2 Å². The number of aliphatic hydroxyl groups excluding tert-OH is 4. The first-order valence-corrected chi connectivity index (χ1v) is 12.4. The highest BCUT2D eigenvalue weighted by Crippen LogP contribution is 2.75. The standard InChI is InChI=1S/C25H42O6/c1-22(2)11-16(27)12-23(3)18(22)6-5-14-9-15-10-25(14,23)8-7-24(15,4)31-21-20(29)19(28)17(13-26)30-21/h14-21,26-29H,5-13H2,1-4H3. The summed E-state index contributed by atoms with van der Waals surface area (Å²) in [5.41, 5.74) is 0.158. The summed E-state index contributed by atoms with van der Waals surface area (Å²) in [5, 5.41) is 40.8. The van der Waals surface area contributed by atoms with Gasteiger partial charge in [-0.3, -0.25) is 0 Å². The van der Waals surface area contributed by atoms with Gasteiger partial charge in [-0.05, 0) is 92.3 Å². The van der Waals surface area contributed by atoms with Crippen molar-refractivity contribution >= 4 is 0 Å². The van der Waals surface area contributed by atoms with Crippen molar-refractivity contribution in [3.8, 4) is 0 Å². The SMILES string of the molecule is CC1(C)CC(O)CC2(C)C1CCC1CC3CC12CCC3(C)OC1OC(CO)C(O)C1O. The fraction of sp³-hybridized carbons (Fsp3) is 1.00. The molecule has 4 saturated carbocycles. The smallest absolute Gasteiger partial charge is 0.187 e. The summed E-state index contributed by atoms with van der Waals surface area (Å²) >= 11 is 0. The molecule has 4 N–H and O–H groups in total. The van der Waals surface area contributed by atoms with Crippen LogP contribution >= 0.6 is 0 Å². The van der Waals surface area contributed by atoms with E-state index in [1.807, 2.05) is 0 Å². The summed E-state index contributed by atoms with van der Waals surface area (Å²) in [6.45, 7) is 9.02. The van der Waals surface area contributed by atoms with Crippen LogP contribution in [0.1, 0.15) is 79.1 Å². The fourth-order valence-corrected chi connectivity index (χ4v) is 9.41. The molecule has 0 aromatic rings. The molecule has 1 heterocycles. The zero-order valence-corrected chi connectivity index (χ0v) is 19.6. The Hall–Kier alpha value is -0.240. The Morgan fingerprint density at radius 1 is 0.903 bits per heavy atom. The number of hydrogen-bond acceptors (Lipinski definition) is 6. The topological polar surface area (TPSA) is 99.4 Å². The van der Waals surface area contributed by atoms with Gasteiger partial charge in [0.1, 0.15) is 18.3 Å². The molecule has 0 amide bonds. The van der Waals surface area contributed by atoms with E-state index in [2.05, 4.69) is 27.7 Å². The highest BCUT2D eigenvalue weighted by atomic mass is 16.7. The van der Waals surface area contributed by atoms with Crippen molar-refractivity contribution in [3.63, 3.8) is 0 Å². The number of rotatable bonds is 3. The van der Waals surface area contributed by atoms with E-state index in [0.29, 0.717) is 17.8 Å². The molecule has 5 rings (SSSR count). The van der Waals surface area contributed by atoms with E-state index in [4.69, 9.17) is 9.47 Å². The molecule has 4 aliphatic carbocycles. The van der Waals surface area contributed by atoms with Gasteiger partial charge in [-0.1, -0.05) is 20.8 Å². The van der Waals surface area contributed by atoms with Crippen LogP contribution in [0.4, 0.5) is 0 Å². The quantitative estimate of drug-likeness (QED) is 0.541. The molecule has 1 aliphatic heterocycles. The first kappa shape index (κ1) is 22.5. The van der Waals surface area contributed by atoms with Gasteiger partial charge in [0.2, 0.25) is 0 Å². The maximum atomic E-state index is 10.8. The Morgan fingerprint density at radius 2 is 1.65 bits per heavy atom. The minimum atomic E-state index is -1.13. The van der Waals surface area contributed by atoms with Crippen LogP contribution in [0, 0.1) is 34.0 Å². The van der Waals surface area contributed by atoms with Gasteiger partial charge in [-0.15, -0.1) is 0 Å². The van der Waals surface area contributed by atoms with Gasteiger partial charge in [-0.25, -0.2) is 0 Å². The summed E-state index contributed by atoms with van der Waals surface area (Å²) < 4.78 is 12.1. The number of ether oxygens (including phenoxy) is 2. The maximum absolute atomic E-state index is 10.8. The van der Waals surface area contributed by atoms with Gasteiger partial charge in [-0.2, -0.15) is 0 Å². The Morgan fingerprint density at radius 3 is 2.32 bits per heavy atom. The maximum Gasteiger partial charge on any atom is 0.187 e. The van der Waals surface area contributed by atoms with E-state index >= 15 is 0 Å². The molecule has 1 saturated heterocycles. The lowest BCUT2D eigenvalue weighted by Crippen LogP contribution is -2.60. The lowest BCUT2D eigenvalue weighted by atomic mass is 9.39. The molecule has 0 aromatic heterocycles. The first-order chi connectivity index (χ1) is 14.5. The highest BCUT2D eigenvalue weighted by Gasteiger charge is 2.69. The van der Waals surface area contributed by atoms with Crippen LogP contribution < -0.4 is 0 Å². The van der Waals surface area contributed by atoms with Crippen LogP contribution in [0.25, 0.3) is 0 Å². The first-order valence-electron chi connectivity index (χ1n) is 12.4. The zero-order valence-electron chi connectivity index (χ0n) is 19.6. The van der Waals surface area contributed by atoms with E-state index in [9.17, 15) is 20.4 Å². The Balaban J connectivity index is 1.40. The second-order valence-corrected chi connectivity index (χ2v) is 12.7. The van der Waals surface area contributed by atoms with Gasteiger partial charge >= 0.3 is 0 Å². The van der Waals surface area contributed by atoms with Gasteiger partial charge in [0.15, 0.2) is 6.29 Å². The largest absolute Gasteiger partial charge is 0.394 e. The molecule has 31 heavy (non-hydrogen) atoms. The zero-order chi connectivity index (χ0) is 22.4. The third-order valence-corrected chi connectivity index (χ3v) is 10.9. The molecule has 5 fully saturated rings. The van der Waals surface area contributed by atoms with E-state index in [1.165, 1.54) is 12.8 Å². The molecule has 0 radical (unpaired) electrons. The van der Waals surface area contributed by atoms with Crippen molar-refractivity contribution in [2.24, 2.45) is 34.0 Å². The molecule has 6 heteroatoms. The van der Waals surface area contributed by atoms with Crippen molar-refractivity contribution < 1.29 is 29.9 Å². The average Bonchev–Trinajstić information content (AvgIpc) is 3.16. The Kier molecular flexibility index (Phi) is 5.19. The molecular formula is C25H42O6. The van der Waals surface area contributed by atoms with Crippen molar-refractivity contribution in [1.29, 1.82) is 0 Å². The Bertz CT molecular complexity index is 712. The molecule has 0 aromatic carbocycles. The molecule has 11 unspecified atom stereocenters. The van der Waals surface area contributed by atoms with Crippen LogP contribution in [0.3, 0.4) is 0 Å². The van der Waals surface area contributed by atoms with Crippen LogP contribution in [-0.4, -0.2) is 63.3 Å². The average molecular weight is 439 g/mol. The third-order valence-electron chi connectivity index (χ3n) is 10.9. The van der Waals surface area contributed by atoms with E-state index in [1.54, 1.807) is 0 Å². The van der Waals surface area contributed by atoms with Crippen LogP contribution in [0.2, 0.25) is 0 Å². The summed E-state index contributed by atoms with van der Waals surface area (Å²) in [5.74, 6) is 1.68.